The SMILES string of the molecule is COc1ccccc1-c1nc(COc2ccc(Br)cc2F)cs1. The van der Waals surface area contributed by atoms with E-state index in [-0.39, 0.29) is 12.4 Å². The number of para-hydroxylation sites is 1. The van der Waals surface area contributed by atoms with Crippen LogP contribution in [0.25, 0.3) is 10.6 Å². The maximum atomic E-state index is 13.7. The molecule has 3 rings (SSSR count). The summed E-state index contributed by atoms with van der Waals surface area (Å²) in [6.45, 7) is 0.213. The summed E-state index contributed by atoms with van der Waals surface area (Å²) in [5.74, 6) is 0.577. The molecule has 2 aromatic carbocycles. The highest BCUT2D eigenvalue weighted by Gasteiger charge is 2.11. The molecule has 0 atom stereocenters. The van der Waals surface area contributed by atoms with Gasteiger partial charge in [-0.2, -0.15) is 0 Å². The summed E-state index contributed by atoms with van der Waals surface area (Å²) in [6, 6.07) is 12.4. The smallest absolute Gasteiger partial charge is 0.166 e. The average molecular weight is 394 g/mol. The number of methoxy groups -OCH3 is 1. The maximum Gasteiger partial charge on any atom is 0.166 e. The Morgan fingerprint density at radius 1 is 1.17 bits per heavy atom. The molecule has 0 N–H and O–H groups in total. The van der Waals surface area contributed by atoms with E-state index < -0.39 is 5.82 Å². The highest BCUT2D eigenvalue weighted by Crippen LogP contribution is 2.32. The molecule has 0 aliphatic rings. The monoisotopic (exact) mass is 393 g/mol. The van der Waals surface area contributed by atoms with Crippen LogP contribution in [0, 0.1) is 5.82 Å². The first kappa shape index (κ1) is 16.0. The van der Waals surface area contributed by atoms with Gasteiger partial charge in [0, 0.05) is 9.85 Å². The summed E-state index contributed by atoms with van der Waals surface area (Å²) in [5.41, 5.74) is 1.68. The van der Waals surface area contributed by atoms with Crippen molar-refractivity contribution in [1.29, 1.82) is 0 Å². The molecule has 0 spiro atoms. The molecule has 3 aromatic rings. The zero-order chi connectivity index (χ0) is 16.2. The molecular formula is C17H13BrFNO2S. The van der Waals surface area contributed by atoms with E-state index in [0.29, 0.717) is 4.47 Å². The summed E-state index contributed by atoms with van der Waals surface area (Å²) < 4.78 is 25.3. The Balaban J connectivity index is 1.75. The molecule has 0 amide bonds. The Labute approximate surface area is 145 Å². The predicted molar refractivity (Wildman–Crippen MR) is 92.5 cm³/mol. The second-order valence-corrected chi connectivity index (χ2v) is 6.48. The van der Waals surface area contributed by atoms with E-state index in [1.807, 2.05) is 29.6 Å². The number of thiazole rings is 1. The van der Waals surface area contributed by atoms with Crippen LogP contribution in [0.5, 0.6) is 11.5 Å². The van der Waals surface area contributed by atoms with Crippen LogP contribution >= 0.6 is 27.3 Å². The van der Waals surface area contributed by atoms with E-state index in [1.54, 1.807) is 19.2 Å². The largest absolute Gasteiger partial charge is 0.496 e. The molecule has 0 aliphatic heterocycles. The molecule has 23 heavy (non-hydrogen) atoms. The van der Waals surface area contributed by atoms with Crippen molar-refractivity contribution in [3.8, 4) is 22.1 Å². The van der Waals surface area contributed by atoms with E-state index in [9.17, 15) is 4.39 Å². The van der Waals surface area contributed by atoms with Crippen LogP contribution in [0.3, 0.4) is 0 Å². The maximum absolute atomic E-state index is 13.7. The van der Waals surface area contributed by atoms with Gasteiger partial charge in [0.05, 0.1) is 18.4 Å². The molecule has 0 aliphatic carbocycles. The van der Waals surface area contributed by atoms with Gasteiger partial charge in [-0.3, -0.25) is 0 Å². The lowest BCUT2D eigenvalue weighted by Gasteiger charge is -2.06. The van der Waals surface area contributed by atoms with E-state index in [2.05, 4.69) is 20.9 Å². The van der Waals surface area contributed by atoms with Crippen LogP contribution in [0.2, 0.25) is 0 Å². The van der Waals surface area contributed by atoms with Crippen LogP contribution < -0.4 is 9.47 Å². The Morgan fingerprint density at radius 2 is 2.00 bits per heavy atom. The van der Waals surface area contributed by atoms with Crippen molar-refractivity contribution < 1.29 is 13.9 Å². The zero-order valence-electron chi connectivity index (χ0n) is 12.3. The molecule has 0 fully saturated rings. The Hall–Kier alpha value is -1.92. The number of hydrogen-bond donors (Lipinski definition) is 0. The van der Waals surface area contributed by atoms with Crippen LogP contribution in [0.4, 0.5) is 4.39 Å². The van der Waals surface area contributed by atoms with Crippen molar-refractivity contribution in [2.75, 3.05) is 7.11 Å². The molecule has 0 unspecified atom stereocenters. The van der Waals surface area contributed by atoms with Gasteiger partial charge >= 0.3 is 0 Å². The minimum atomic E-state index is -0.403. The fourth-order valence-electron chi connectivity index (χ4n) is 2.06. The molecule has 6 heteroatoms. The van der Waals surface area contributed by atoms with Crippen molar-refractivity contribution in [3.63, 3.8) is 0 Å². The summed E-state index contributed by atoms with van der Waals surface area (Å²) >= 11 is 4.72. The zero-order valence-corrected chi connectivity index (χ0v) is 14.7. The van der Waals surface area contributed by atoms with E-state index >= 15 is 0 Å². The third-order valence-corrected chi connectivity index (χ3v) is 4.58. The highest BCUT2D eigenvalue weighted by molar-refractivity contribution is 9.10. The summed E-state index contributed by atoms with van der Waals surface area (Å²) in [4.78, 5) is 4.53. The molecule has 0 radical (unpaired) electrons. The van der Waals surface area contributed by atoms with Gasteiger partial charge in [-0.05, 0) is 30.3 Å². The van der Waals surface area contributed by atoms with Crippen LogP contribution in [0.15, 0.2) is 52.3 Å². The minimum Gasteiger partial charge on any atom is -0.496 e. The van der Waals surface area contributed by atoms with E-state index in [1.165, 1.54) is 17.4 Å². The first-order valence-electron chi connectivity index (χ1n) is 6.83. The van der Waals surface area contributed by atoms with Crippen LogP contribution in [-0.4, -0.2) is 12.1 Å². The minimum absolute atomic E-state index is 0.208. The number of halogens is 2. The average Bonchev–Trinajstić information content (AvgIpc) is 3.03. The van der Waals surface area contributed by atoms with E-state index in [0.717, 1.165) is 22.0 Å². The fraction of sp³-hybridized carbons (Fsp3) is 0.118. The molecular weight excluding hydrogens is 381 g/mol. The third kappa shape index (κ3) is 3.71. The highest BCUT2D eigenvalue weighted by atomic mass is 79.9. The van der Waals surface area contributed by atoms with Crippen molar-refractivity contribution in [2.24, 2.45) is 0 Å². The summed E-state index contributed by atoms with van der Waals surface area (Å²) in [5, 5.41) is 2.75. The van der Waals surface area contributed by atoms with Gasteiger partial charge in [0.2, 0.25) is 0 Å². The second kappa shape index (κ2) is 7.10. The van der Waals surface area contributed by atoms with Gasteiger partial charge in [0.1, 0.15) is 17.4 Å². The molecule has 0 bridgehead atoms. The number of ether oxygens (including phenoxy) is 2. The first-order chi connectivity index (χ1) is 11.2. The summed E-state index contributed by atoms with van der Waals surface area (Å²) in [6.07, 6.45) is 0. The molecule has 1 heterocycles. The lowest BCUT2D eigenvalue weighted by atomic mass is 10.2. The first-order valence-corrected chi connectivity index (χ1v) is 8.50. The van der Waals surface area contributed by atoms with Crippen molar-refractivity contribution in [2.45, 2.75) is 6.61 Å². The van der Waals surface area contributed by atoms with Gasteiger partial charge in [-0.25, -0.2) is 9.37 Å². The summed E-state index contributed by atoms with van der Waals surface area (Å²) in [7, 11) is 1.63. The lowest BCUT2D eigenvalue weighted by molar-refractivity contribution is 0.286. The van der Waals surface area contributed by atoms with Gasteiger partial charge in [-0.1, -0.05) is 28.1 Å². The predicted octanol–water partition coefficient (Wildman–Crippen LogP) is 5.30. The van der Waals surface area contributed by atoms with Gasteiger partial charge in [0.15, 0.2) is 11.6 Å². The molecule has 118 valence electrons. The lowest BCUT2D eigenvalue weighted by Crippen LogP contribution is -1.98. The fourth-order valence-corrected chi connectivity index (χ4v) is 3.23. The number of aromatic nitrogens is 1. The van der Waals surface area contributed by atoms with Crippen molar-refractivity contribution in [3.05, 3.63) is 63.8 Å². The molecule has 0 saturated heterocycles. The standard InChI is InChI=1S/C17H13BrFNO2S/c1-21-15-5-3-2-4-13(15)17-20-12(10-23-17)9-22-16-7-6-11(18)8-14(16)19/h2-8,10H,9H2,1H3. The number of nitrogens with zero attached hydrogens (tertiary/aromatic N) is 1. The van der Waals surface area contributed by atoms with Crippen molar-refractivity contribution in [1.82, 2.24) is 4.98 Å². The third-order valence-electron chi connectivity index (χ3n) is 3.16. The second-order valence-electron chi connectivity index (χ2n) is 4.71. The van der Waals surface area contributed by atoms with Gasteiger partial charge < -0.3 is 9.47 Å². The van der Waals surface area contributed by atoms with Crippen LogP contribution in [-0.2, 0) is 6.61 Å². The number of rotatable bonds is 5. The molecule has 1 aromatic heterocycles. The van der Waals surface area contributed by atoms with Gasteiger partial charge in [-0.15, -0.1) is 11.3 Å². The Bertz CT molecular complexity index is 822. The van der Waals surface area contributed by atoms with Crippen molar-refractivity contribution >= 4 is 27.3 Å². The molecule has 3 nitrogen and oxygen atoms in total. The quantitative estimate of drug-likeness (QED) is 0.589. The number of benzene rings is 2. The molecule has 0 saturated carbocycles. The van der Waals surface area contributed by atoms with E-state index in [4.69, 9.17) is 9.47 Å². The normalized spacial score (nSPS) is 10.6. The number of hydrogen-bond acceptors (Lipinski definition) is 4. The van der Waals surface area contributed by atoms with Gasteiger partial charge in [0.25, 0.3) is 0 Å². The topological polar surface area (TPSA) is 31.4 Å². The Kier molecular flexibility index (Phi) is 4.93. The van der Waals surface area contributed by atoms with Crippen LogP contribution in [0.1, 0.15) is 5.69 Å². The Morgan fingerprint density at radius 3 is 2.78 bits per heavy atom.